The molecule has 0 aliphatic heterocycles. The summed E-state index contributed by atoms with van der Waals surface area (Å²) >= 11 is 5.84. The Bertz CT molecular complexity index is 674. The second-order valence-corrected chi connectivity index (χ2v) is 4.00. The highest BCUT2D eigenvalue weighted by atomic mass is 35.5. The third-order valence-corrected chi connectivity index (χ3v) is 2.71. The number of anilines is 1. The average Bonchev–Trinajstić information content (AvgIpc) is 2.78. The van der Waals surface area contributed by atoms with Gasteiger partial charge in [-0.1, -0.05) is 23.7 Å². The SMILES string of the molecule is Nc1nc(-c2ccc(Cl)cc2)cc2nncn12. The van der Waals surface area contributed by atoms with Gasteiger partial charge in [0.05, 0.1) is 5.69 Å². The van der Waals surface area contributed by atoms with Gasteiger partial charge in [-0.25, -0.2) is 4.98 Å². The van der Waals surface area contributed by atoms with Crippen molar-refractivity contribution < 1.29 is 0 Å². The number of nitrogens with zero attached hydrogens (tertiary/aromatic N) is 4. The number of nitrogens with two attached hydrogens (primary N) is 1. The van der Waals surface area contributed by atoms with Gasteiger partial charge in [-0.3, -0.25) is 4.40 Å². The molecule has 0 fully saturated rings. The van der Waals surface area contributed by atoms with Crippen LogP contribution < -0.4 is 5.73 Å². The van der Waals surface area contributed by atoms with Gasteiger partial charge in [0.1, 0.15) is 6.33 Å². The summed E-state index contributed by atoms with van der Waals surface area (Å²) in [5.41, 5.74) is 8.17. The van der Waals surface area contributed by atoms with E-state index in [-0.39, 0.29) is 0 Å². The zero-order valence-electron chi connectivity index (χ0n) is 8.71. The van der Waals surface area contributed by atoms with Crippen LogP contribution in [0, 0.1) is 0 Å². The van der Waals surface area contributed by atoms with E-state index < -0.39 is 0 Å². The van der Waals surface area contributed by atoms with E-state index in [0.29, 0.717) is 16.6 Å². The first kappa shape index (κ1) is 10.0. The number of halogens is 1. The van der Waals surface area contributed by atoms with E-state index in [1.54, 1.807) is 4.40 Å². The fraction of sp³-hybridized carbons (Fsp3) is 0. The number of rotatable bonds is 1. The summed E-state index contributed by atoms with van der Waals surface area (Å²) < 4.78 is 1.62. The highest BCUT2D eigenvalue weighted by molar-refractivity contribution is 6.30. The zero-order valence-corrected chi connectivity index (χ0v) is 9.46. The minimum absolute atomic E-state index is 0.359. The fourth-order valence-electron chi connectivity index (χ4n) is 1.62. The van der Waals surface area contributed by atoms with Crippen LogP contribution in [-0.2, 0) is 0 Å². The molecule has 0 aliphatic carbocycles. The molecule has 0 aliphatic rings. The summed E-state index contributed by atoms with van der Waals surface area (Å²) in [6, 6.07) is 9.21. The molecular formula is C11H8ClN5. The molecule has 17 heavy (non-hydrogen) atoms. The van der Waals surface area contributed by atoms with Crippen molar-refractivity contribution in [3.05, 3.63) is 41.7 Å². The summed E-state index contributed by atoms with van der Waals surface area (Å²) in [7, 11) is 0. The molecule has 3 aromatic rings. The molecule has 1 aromatic carbocycles. The molecule has 2 N–H and O–H groups in total. The summed E-state index contributed by atoms with van der Waals surface area (Å²) in [6.45, 7) is 0. The van der Waals surface area contributed by atoms with Crippen LogP contribution in [0.25, 0.3) is 16.9 Å². The van der Waals surface area contributed by atoms with Crippen LogP contribution in [0.5, 0.6) is 0 Å². The van der Waals surface area contributed by atoms with Gasteiger partial charge in [0.25, 0.3) is 0 Å². The molecule has 0 atom stereocenters. The maximum atomic E-state index is 5.84. The largest absolute Gasteiger partial charge is 0.369 e. The van der Waals surface area contributed by atoms with Crippen molar-refractivity contribution in [3.8, 4) is 11.3 Å². The predicted octanol–water partition coefficient (Wildman–Crippen LogP) is 2.03. The number of aromatic nitrogens is 4. The summed E-state index contributed by atoms with van der Waals surface area (Å²) in [5.74, 6) is 0.359. The van der Waals surface area contributed by atoms with Crippen molar-refractivity contribution in [1.82, 2.24) is 19.6 Å². The van der Waals surface area contributed by atoms with E-state index >= 15 is 0 Å². The smallest absolute Gasteiger partial charge is 0.207 e. The number of fused-ring (bicyclic) bond motifs is 1. The molecule has 2 heterocycles. The molecule has 6 heteroatoms. The van der Waals surface area contributed by atoms with Gasteiger partial charge in [0.2, 0.25) is 5.95 Å². The second kappa shape index (κ2) is 3.71. The van der Waals surface area contributed by atoms with Gasteiger partial charge in [0.15, 0.2) is 5.65 Å². The second-order valence-electron chi connectivity index (χ2n) is 3.57. The highest BCUT2D eigenvalue weighted by Crippen LogP contribution is 2.21. The Morgan fingerprint density at radius 3 is 2.71 bits per heavy atom. The molecule has 2 aromatic heterocycles. The van der Waals surface area contributed by atoms with Crippen molar-refractivity contribution in [2.45, 2.75) is 0 Å². The van der Waals surface area contributed by atoms with Crippen LogP contribution in [0.1, 0.15) is 0 Å². The van der Waals surface area contributed by atoms with Crippen LogP contribution in [-0.4, -0.2) is 19.6 Å². The topological polar surface area (TPSA) is 69.1 Å². The zero-order chi connectivity index (χ0) is 11.8. The quantitative estimate of drug-likeness (QED) is 0.712. The molecule has 0 unspecified atom stereocenters. The maximum Gasteiger partial charge on any atom is 0.207 e. The lowest BCUT2D eigenvalue weighted by molar-refractivity contribution is 1.09. The lowest BCUT2D eigenvalue weighted by Gasteiger charge is -2.03. The molecule has 0 bridgehead atoms. The molecule has 3 rings (SSSR count). The van der Waals surface area contributed by atoms with Crippen LogP contribution >= 0.6 is 11.6 Å². The van der Waals surface area contributed by atoms with E-state index in [1.807, 2.05) is 30.3 Å². The Kier molecular flexibility index (Phi) is 2.19. The predicted molar refractivity (Wildman–Crippen MR) is 65.6 cm³/mol. The monoisotopic (exact) mass is 245 g/mol. The first-order valence-corrected chi connectivity index (χ1v) is 5.34. The third-order valence-electron chi connectivity index (χ3n) is 2.46. The van der Waals surface area contributed by atoms with Gasteiger partial charge in [-0.05, 0) is 12.1 Å². The molecule has 0 saturated carbocycles. The Morgan fingerprint density at radius 2 is 1.94 bits per heavy atom. The van der Waals surface area contributed by atoms with Crippen molar-refractivity contribution in [2.24, 2.45) is 0 Å². The van der Waals surface area contributed by atoms with E-state index in [2.05, 4.69) is 15.2 Å². The van der Waals surface area contributed by atoms with Gasteiger partial charge >= 0.3 is 0 Å². The Hall–Kier alpha value is -2.14. The van der Waals surface area contributed by atoms with Crippen LogP contribution in [0.15, 0.2) is 36.7 Å². The third kappa shape index (κ3) is 1.70. The van der Waals surface area contributed by atoms with Crippen molar-refractivity contribution in [1.29, 1.82) is 0 Å². The lowest BCUT2D eigenvalue weighted by atomic mass is 10.1. The number of benzene rings is 1. The van der Waals surface area contributed by atoms with E-state index in [9.17, 15) is 0 Å². The lowest BCUT2D eigenvalue weighted by Crippen LogP contribution is -2.00. The van der Waals surface area contributed by atoms with E-state index in [1.165, 1.54) is 6.33 Å². The minimum atomic E-state index is 0.359. The normalized spacial score (nSPS) is 10.9. The van der Waals surface area contributed by atoms with Gasteiger partial charge < -0.3 is 5.73 Å². The molecule has 0 radical (unpaired) electrons. The van der Waals surface area contributed by atoms with Crippen molar-refractivity contribution in [2.75, 3.05) is 5.73 Å². The summed E-state index contributed by atoms with van der Waals surface area (Å²) in [6.07, 6.45) is 1.53. The molecule has 5 nitrogen and oxygen atoms in total. The van der Waals surface area contributed by atoms with E-state index in [0.717, 1.165) is 11.3 Å². The molecule has 0 spiro atoms. The van der Waals surface area contributed by atoms with Gasteiger partial charge in [-0.15, -0.1) is 10.2 Å². The first-order chi connectivity index (χ1) is 8.24. The van der Waals surface area contributed by atoms with Crippen molar-refractivity contribution in [3.63, 3.8) is 0 Å². The van der Waals surface area contributed by atoms with Crippen molar-refractivity contribution >= 4 is 23.2 Å². The molecule has 0 saturated heterocycles. The molecule has 84 valence electrons. The number of hydrogen-bond acceptors (Lipinski definition) is 4. The molecular weight excluding hydrogens is 238 g/mol. The van der Waals surface area contributed by atoms with Gasteiger partial charge in [0, 0.05) is 16.7 Å². The Labute approximate surface area is 102 Å². The Morgan fingerprint density at radius 1 is 1.18 bits per heavy atom. The van der Waals surface area contributed by atoms with Gasteiger partial charge in [-0.2, -0.15) is 0 Å². The summed E-state index contributed by atoms with van der Waals surface area (Å²) in [4.78, 5) is 4.29. The number of hydrogen-bond donors (Lipinski definition) is 1. The van der Waals surface area contributed by atoms with Crippen LogP contribution in [0.4, 0.5) is 5.95 Å². The molecule has 0 amide bonds. The van der Waals surface area contributed by atoms with Crippen LogP contribution in [0.3, 0.4) is 0 Å². The van der Waals surface area contributed by atoms with E-state index in [4.69, 9.17) is 17.3 Å². The number of nitrogen functional groups attached to an aromatic ring is 1. The van der Waals surface area contributed by atoms with Crippen LogP contribution in [0.2, 0.25) is 5.02 Å². The standard InChI is InChI=1S/C11H8ClN5/c12-8-3-1-7(2-4-8)9-5-10-16-14-6-17(10)11(13)15-9/h1-6H,(H2,13,15). The summed E-state index contributed by atoms with van der Waals surface area (Å²) in [5, 5.41) is 8.42. The minimum Gasteiger partial charge on any atom is -0.369 e. The Balaban J connectivity index is 2.20. The highest BCUT2D eigenvalue weighted by Gasteiger charge is 2.06. The first-order valence-electron chi connectivity index (χ1n) is 4.96. The fourth-order valence-corrected chi connectivity index (χ4v) is 1.75. The maximum absolute atomic E-state index is 5.84. The average molecular weight is 246 g/mol.